The van der Waals surface area contributed by atoms with Crippen LogP contribution in [0.1, 0.15) is 38.6 Å². The minimum Gasteiger partial charge on any atom is -0.314 e. The van der Waals surface area contributed by atoms with Crippen LogP contribution >= 0.6 is 0 Å². The van der Waals surface area contributed by atoms with Gasteiger partial charge in [0.15, 0.2) is 0 Å². The van der Waals surface area contributed by atoms with Crippen molar-refractivity contribution in [2.75, 3.05) is 6.54 Å². The molecule has 1 aromatic rings. The van der Waals surface area contributed by atoms with Gasteiger partial charge in [0.2, 0.25) is 0 Å². The van der Waals surface area contributed by atoms with Gasteiger partial charge in [-0.25, -0.2) is 0 Å². The molecule has 0 saturated carbocycles. The van der Waals surface area contributed by atoms with Gasteiger partial charge >= 0.3 is 0 Å². The highest BCUT2D eigenvalue weighted by Gasteiger charge is 2.00. The van der Waals surface area contributed by atoms with E-state index in [1.165, 1.54) is 11.4 Å². The quantitative estimate of drug-likeness (QED) is 0.581. The van der Waals surface area contributed by atoms with Gasteiger partial charge in [0, 0.05) is 25.2 Å². The first kappa shape index (κ1) is 14.0. The zero-order valence-corrected chi connectivity index (χ0v) is 11.5. The minimum absolute atomic E-state index is 0.576. The molecule has 0 aliphatic carbocycles. The molecule has 1 aromatic heterocycles. The highest BCUT2D eigenvalue weighted by Crippen LogP contribution is 2.05. The van der Waals surface area contributed by atoms with Gasteiger partial charge in [-0.3, -0.25) is 4.68 Å². The molecule has 0 aliphatic rings. The largest absolute Gasteiger partial charge is 0.314 e. The van der Waals surface area contributed by atoms with Crippen molar-refractivity contribution in [3.8, 4) is 0 Å². The van der Waals surface area contributed by atoms with E-state index < -0.39 is 0 Å². The van der Waals surface area contributed by atoms with Gasteiger partial charge in [-0.1, -0.05) is 32.9 Å². The molecule has 17 heavy (non-hydrogen) atoms. The summed E-state index contributed by atoms with van der Waals surface area (Å²) in [7, 11) is 2.02. The number of allylic oxidation sites excluding steroid dienone is 1. The maximum absolute atomic E-state index is 4.44. The number of hydrogen-bond acceptors (Lipinski definition) is 2. The van der Waals surface area contributed by atoms with Crippen molar-refractivity contribution in [3.63, 3.8) is 0 Å². The van der Waals surface area contributed by atoms with E-state index in [2.05, 4.69) is 49.4 Å². The van der Waals surface area contributed by atoms with Gasteiger partial charge in [0.05, 0.1) is 5.69 Å². The molecule has 0 fully saturated rings. The Morgan fingerprint density at radius 2 is 2.18 bits per heavy atom. The van der Waals surface area contributed by atoms with Crippen LogP contribution in [0.3, 0.4) is 0 Å². The summed E-state index contributed by atoms with van der Waals surface area (Å²) >= 11 is 0. The average molecular weight is 235 g/mol. The van der Waals surface area contributed by atoms with Crippen LogP contribution in [0.2, 0.25) is 0 Å². The fraction of sp³-hybridized carbons (Fsp3) is 0.643. The molecule has 0 aromatic carbocycles. The van der Waals surface area contributed by atoms with Crippen LogP contribution in [-0.4, -0.2) is 22.4 Å². The molecule has 0 atom stereocenters. The third-order valence-corrected chi connectivity index (χ3v) is 2.75. The van der Waals surface area contributed by atoms with E-state index in [4.69, 9.17) is 0 Å². The van der Waals surface area contributed by atoms with Crippen LogP contribution in [0.15, 0.2) is 18.2 Å². The lowest BCUT2D eigenvalue weighted by atomic mass is 10.2. The van der Waals surface area contributed by atoms with E-state index in [-0.39, 0.29) is 0 Å². The molecular formula is C14H25N3. The zero-order chi connectivity index (χ0) is 12.7. The van der Waals surface area contributed by atoms with Crippen molar-refractivity contribution in [3.05, 3.63) is 29.6 Å². The highest BCUT2D eigenvalue weighted by atomic mass is 15.3. The number of aryl methyl sites for hydroxylation is 2. The maximum Gasteiger partial charge on any atom is 0.0624 e. The third kappa shape index (κ3) is 5.18. The first-order valence-corrected chi connectivity index (χ1v) is 6.53. The molecule has 0 saturated heterocycles. The predicted octanol–water partition coefficient (Wildman–Crippen LogP) is 2.47. The Labute approximate surface area is 105 Å². The molecule has 0 aliphatic heterocycles. The van der Waals surface area contributed by atoms with Crippen LogP contribution < -0.4 is 5.32 Å². The number of nitrogens with zero attached hydrogens (tertiary/aromatic N) is 2. The topological polar surface area (TPSA) is 29.9 Å². The van der Waals surface area contributed by atoms with Crippen LogP contribution in [0.4, 0.5) is 0 Å². The number of aromatic nitrogens is 2. The van der Waals surface area contributed by atoms with E-state index in [0.717, 1.165) is 25.8 Å². The summed E-state index contributed by atoms with van der Waals surface area (Å²) in [6.45, 7) is 7.54. The predicted molar refractivity (Wildman–Crippen MR) is 73.2 cm³/mol. The van der Waals surface area contributed by atoms with Crippen LogP contribution in [0.5, 0.6) is 0 Å². The van der Waals surface area contributed by atoms with Crippen LogP contribution in [0, 0.1) is 0 Å². The lowest BCUT2D eigenvalue weighted by molar-refractivity contribution is 0.594. The SMILES string of the molecule is CCc1cc(CC=CCCNC(C)C)n(C)n1. The maximum atomic E-state index is 4.44. The Balaban J connectivity index is 2.29. The van der Waals surface area contributed by atoms with Gasteiger partial charge in [-0.15, -0.1) is 0 Å². The van der Waals surface area contributed by atoms with Crippen LogP contribution in [-0.2, 0) is 19.9 Å². The molecule has 3 nitrogen and oxygen atoms in total. The Bertz CT molecular complexity index is 350. The van der Waals surface area contributed by atoms with E-state index in [9.17, 15) is 0 Å². The first-order chi connectivity index (χ1) is 8.13. The molecule has 0 unspecified atom stereocenters. The molecule has 1 heterocycles. The summed E-state index contributed by atoms with van der Waals surface area (Å²) in [4.78, 5) is 0. The standard InChI is InChI=1S/C14H25N3/c1-5-13-11-14(17(4)16-13)9-7-6-8-10-15-12(2)3/h6-7,11-12,15H,5,8-10H2,1-4H3. The summed E-state index contributed by atoms with van der Waals surface area (Å²) < 4.78 is 1.98. The van der Waals surface area contributed by atoms with E-state index in [0.29, 0.717) is 6.04 Å². The molecule has 0 bridgehead atoms. The van der Waals surface area contributed by atoms with Gasteiger partial charge in [-0.2, -0.15) is 5.10 Å². The average Bonchev–Trinajstić information content (AvgIpc) is 2.64. The van der Waals surface area contributed by atoms with Gasteiger partial charge < -0.3 is 5.32 Å². The lowest BCUT2D eigenvalue weighted by Crippen LogP contribution is -2.23. The first-order valence-electron chi connectivity index (χ1n) is 6.53. The van der Waals surface area contributed by atoms with E-state index in [1.807, 2.05) is 11.7 Å². The van der Waals surface area contributed by atoms with E-state index >= 15 is 0 Å². The molecule has 0 spiro atoms. The fourth-order valence-electron chi connectivity index (χ4n) is 1.71. The second-order valence-corrected chi connectivity index (χ2v) is 4.68. The smallest absolute Gasteiger partial charge is 0.0624 e. The van der Waals surface area contributed by atoms with Crippen molar-refractivity contribution in [1.29, 1.82) is 0 Å². The number of hydrogen-bond donors (Lipinski definition) is 1. The minimum atomic E-state index is 0.576. The van der Waals surface area contributed by atoms with Crippen molar-refractivity contribution >= 4 is 0 Å². The Morgan fingerprint density at radius 3 is 2.76 bits per heavy atom. The summed E-state index contributed by atoms with van der Waals surface area (Å²) in [5, 5.41) is 7.84. The molecular weight excluding hydrogens is 210 g/mol. The highest BCUT2D eigenvalue weighted by molar-refractivity contribution is 5.13. The lowest BCUT2D eigenvalue weighted by Gasteiger charge is -2.04. The second-order valence-electron chi connectivity index (χ2n) is 4.68. The van der Waals surface area contributed by atoms with Gasteiger partial charge in [-0.05, 0) is 25.5 Å². The fourth-order valence-corrected chi connectivity index (χ4v) is 1.71. The Morgan fingerprint density at radius 1 is 1.41 bits per heavy atom. The molecule has 96 valence electrons. The van der Waals surface area contributed by atoms with Gasteiger partial charge in [0.1, 0.15) is 0 Å². The second kappa shape index (κ2) is 7.28. The van der Waals surface area contributed by atoms with Crippen molar-refractivity contribution in [1.82, 2.24) is 15.1 Å². The Hall–Kier alpha value is -1.09. The zero-order valence-electron chi connectivity index (χ0n) is 11.5. The summed E-state index contributed by atoms with van der Waals surface area (Å²) in [6.07, 6.45) is 7.56. The summed E-state index contributed by atoms with van der Waals surface area (Å²) in [5.41, 5.74) is 2.47. The normalized spacial score (nSPS) is 11.8. The molecule has 1 rings (SSSR count). The summed E-state index contributed by atoms with van der Waals surface area (Å²) in [5.74, 6) is 0. The van der Waals surface area contributed by atoms with Crippen LogP contribution in [0.25, 0.3) is 0 Å². The van der Waals surface area contributed by atoms with Gasteiger partial charge in [0.25, 0.3) is 0 Å². The molecule has 0 amide bonds. The van der Waals surface area contributed by atoms with E-state index in [1.54, 1.807) is 0 Å². The summed E-state index contributed by atoms with van der Waals surface area (Å²) in [6, 6.07) is 2.77. The molecule has 3 heteroatoms. The molecule has 0 radical (unpaired) electrons. The number of rotatable bonds is 7. The molecule has 1 N–H and O–H groups in total. The van der Waals surface area contributed by atoms with Crippen molar-refractivity contribution in [2.45, 2.75) is 46.1 Å². The number of nitrogens with one attached hydrogen (secondary N) is 1. The third-order valence-electron chi connectivity index (χ3n) is 2.75. The van der Waals surface area contributed by atoms with Crippen molar-refractivity contribution in [2.24, 2.45) is 7.05 Å². The van der Waals surface area contributed by atoms with Crippen molar-refractivity contribution < 1.29 is 0 Å². The monoisotopic (exact) mass is 235 g/mol. The Kier molecular flexibility index (Phi) is 5.98.